The van der Waals surface area contributed by atoms with E-state index < -0.39 is 6.10 Å². The first-order valence-electron chi connectivity index (χ1n) is 8.12. The molecule has 1 amide bonds. The van der Waals surface area contributed by atoms with Gasteiger partial charge in [-0.25, -0.2) is 0 Å². The molecule has 1 atom stereocenters. The standard InChI is InChI=1S/C16H31NO2/c1-3-14(4-2)15(18)12-17-16(19)11-13-9-7-5-6-8-10-13/h13-15,18H,3-12H2,1-2H3,(H,17,19). The average molecular weight is 269 g/mol. The molecule has 3 heteroatoms. The van der Waals surface area contributed by atoms with E-state index in [0.29, 0.717) is 24.8 Å². The van der Waals surface area contributed by atoms with Gasteiger partial charge in [-0.3, -0.25) is 4.79 Å². The maximum atomic E-state index is 11.9. The lowest BCUT2D eigenvalue weighted by Crippen LogP contribution is -2.36. The molecule has 1 unspecified atom stereocenters. The van der Waals surface area contributed by atoms with Crippen LogP contribution in [0.3, 0.4) is 0 Å². The van der Waals surface area contributed by atoms with Crippen LogP contribution in [-0.2, 0) is 4.79 Å². The molecule has 1 saturated carbocycles. The lowest BCUT2D eigenvalue weighted by molar-refractivity contribution is -0.122. The van der Waals surface area contributed by atoms with Crippen molar-refractivity contribution in [2.75, 3.05) is 6.54 Å². The van der Waals surface area contributed by atoms with E-state index in [4.69, 9.17) is 0 Å². The van der Waals surface area contributed by atoms with E-state index in [2.05, 4.69) is 19.2 Å². The molecule has 0 aromatic carbocycles. The van der Waals surface area contributed by atoms with Gasteiger partial charge in [-0.1, -0.05) is 52.4 Å². The van der Waals surface area contributed by atoms with Crippen LogP contribution in [0.1, 0.15) is 71.6 Å². The molecule has 0 aromatic rings. The summed E-state index contributed by atoms with van der Waals surface area (Å²) in [5.41, 5.74) is 0. The third-order valence-electron chi connectivity index (χ3n) is 4.55. The second-order valence-electron chi connectivity index (χ2n) is 6.01. The number of carbonyl (C=O) groups is 1. The minimum absolute atomic E-state index is 0.122. The number of hydrogen-bond acceptors (Lipinski definition) is 2. The van der Waals surface area contributed by atoms with Crippen molar-refractivity contribution >= 4 is 5.91 Å². The molecule has 1 fully saturated rings. The van der Waals surface area contributed by atoms with Crippen molar-refractivity contribution in [3.63, 3.8) is 0 Å². The van der Waals surface area contributed by atoms with Crippen LogP contribution >= 0.6 is 0 Å². The summed E-state index contributed by atoms with van der Waals surface area (Å²) < 4.78 is 0. The molecule has 1 rings (SSSR count). The summed E-state index contributed by atoms with van der Waals surface area (Å²) in [4.78, 5) is 11.9. The van der Waals surface area contributed by atoms with Crippen molar-refractivity contribution in [2.45, 2.75) is 77.7 Å². The first kappa shape index (κ1) is 16.5. The number of rotatable bonds is 7. The molecule has 0 aromatic heterocycles. The Hall–Kier alpha value is -0.570. The van der Waals surface area contributed by atoms with Crippen LogP contribution in [0.15, 0.2) is 0 Å². The van der Waals surface area contributed by atoms with Crippen LogP contribution in [0.25, 0.3) is 0 Å². The van der Waals surface area contributed by atoms with Gasteiger partial charge in [-0.05, 0) is 24.7 Å². The third kappa shape index (κ3) is 6.42. The second kappa shape index (κ2) is 9.35. The van der Waals surface area contributed by atoms with Gasteiger partial charge in [-0.2, -0.15) is 0 Å². The SMILES string of the molecule is CCC(CC)C(O)CNC(=O)CC1CCCCCC1. The Kier molecular flexibility index (Phi) is 8.11. The van der Waals surface area contributed by atoms with E-state index in [1.807, 2.05) is 0 Å². The van der Waals surface area contributed by atoms with E-state index in [0.717, 1.165) is 12.8 Å². The van der Waals surface area contributed by atoms with E-state index in [-0.39, 0.29) is 5.91 Å². The lowest BCUT2D eigenvalue weighted by atomic mass is 9.95. The molecule has 112 valence electrons. The Balaban J connectivity index is 2.22. The van der Waals surface area contributed by atoms with Crippen LogP contribution in [0.2, 0.25) is 0 Å². The molecule has 0 saturated heterocycles. The first-order valence-corrected chi connectivity index (χ1v) is 8.12. The molecule has 0 aliphatic heterocycles. The maximum Gasteiger partial charge on any atom is 0.220 e. The predicted octanol–water partition coefficient (Wildman–Crippen LogP) is 3.26. The molecular formula is C16H31NO2. The molecule has 0 radical (unpaired) electrons. The number of carbonyl (C=O) groups excluding carboxylic acids is 1. The minimum atomic E-state index is -0.395. The normalized spacial score (nSPS) is 19.2. The smallest absolute Gasteiger partial charge is 0.220 e. The number of aliphatic hydroxyl groups excluding tert-OH is 1. The van der Waals surface area contributed by atoms with E-state index in [9.17, 15) is 9.90 Å². The fraction of sp³-hybridized carbons (Fsp3) is 0.938. The highest BCUT2D eigenvalue weighted by molar-refractivity contribution is 5.76. The molecular weight excluding hydrogens is 238 g/mol. The van der Waals surface area contributed by atoms with Gasteiger partial charge in [0.25, 0.3) is 0 Å². The molecule has 2 N–H and O–H groups in total. The summed E-state index contributed by atoms with van der Waals surface area (Å²) in [5, 5.41) is 12.9. The summed E-state index contributed by atoms with van der Waals surface area (Å²) in [5.74, 6) is 0.989. The fourth-order valence-electron chi connectivity index (χ4n) is 3.12. The van der Waals surface area contributed by atoms with Crippen molar-refractivity contribution in [3.05, 3.63) is 0 Å². The molecule has 0 spiro atoms. The third-order valence-corrected chi connectivity index (χ3v) is 4.55. The largest absolute Gasteiger partial charge is 0.391 e. The number of hydrogen-bond donors (Lipinski definition) is 2. The molecule has 1 aliphatic carbocycles. The van der Waals surface area contributed by atoms with Crippen molar-refractivity contribution < 1.29 is 9.90 Å². The molecule has 3 nitrogen and oxygen atoms in total. The molecule has 1 aliphatic rings. The molecule has 19 heavy (non-hydrogen) atoms. The van der Waals surface area contributed by atoms with E-state index >= 15 is 0 Å². The van der Waals surface area contributed by atoms with Crippen LogP contribution in [0, 0.1) is 11.8 Å². The zero-order valence-corrected chi connectivity index (χ0v) is 12.7. The van der Waals surface area contributed by atoms with Gasteiger partial charge in [0.1, 0.15) is 0 Å². The number of amides is 1. The highest BCUT2D eigenvalue weighted by Crippen LogP contribution is 2.25. The van der Waals surface area contributed by atoms with Crippen LogP contribution in [0.4, 0.5) is 0 Å². The van der Waals surface area contributed by atoms with Gasteiger partial charge >= 0.3 is 0 Å². The van der Waals surface area contributed by atoms with Crippen molar-refractivity contribution in [1.82, 2.24) is 5.32 Å². The highest BCUT2D eigenvalue weighted by atomic mass is 16.3. The maximum absolute atomic E-state index is 11.9. The Morgan fingerprint density at radius 3 is 2.26 bits per heavy atom. The number of nitrogens with one attached hydrogen (secondary N) is 1. The molecule has 0 heterocycles. The van der Waals surface area contributed by atoms with Gasteiger partial charge < -0.3 is 10.4 Å². The summed E-state index contributed by atoms with van der Waals surface area (Å²) >= 11 is 0. The van der Waals surface area contributed by atoms with Gasteiger partial charge in [0.2, 0.25) is 5.91 Å². The Bertz CT molecular complexity index is 243. The monoisotopic (exact) mass is 269 g/mol. The topological polar surface area (TPSA) is 49.3 Å². The first-order chi connectivity index (χ1) is 9.17. The van der Waals surface area contributed by atoms with Crippen molar-refractivity contribution in [1.29, 1.82) is 0 Å². The summed E-state index contributed by atoms with van der Waals surface area (Å²) in [6.45, 7) is 4.59. The Morgan fingerprint density at radius 1 is 1.16 bits per heavy atom. The van der Waals surface area contributed by atoms with Gasteiger partial charge in [-0.15, -0.1) is 0 Å². The van der Waals surface area contributed by atoms with Crippen LogP contribution in [0.5, 0.6) is 0 Å². The zero-order valence-electron chi connectivity index (χ0n) is 12.7. The quantitative estimate of drug-likeness (QED) is 0.697. The molecule has 0 bridgehead atoms. The average Bonchev–Trinajstić information content (AvgIpc) is 2.66. The Morgan fingerprint density at radius 2 is 1.74 bits per heavy atom. The fourth-order valence-corrected chi connectivity index (χ4v) is 3.12. The van der Waals surface area contributed by atoms with Gasteiger partial charge in [0.05, 0.1) is 6.10 Å². The zero-order chi connectivity index (χ0) is 14.1. The summed E-state index contributed by atoms with van der Waals surface area (Å²) in [7, 11) is 0. The van der Waals surface area contributed by atoms with Crippen molar-refractivity contribution in [2.24, 2.45) is 11.8 Å². The van der Waals surface area contributed by atoms with Crippen LogP contribution < -0.4 is 5.32 Å². The summed E-state index contributed by atoms with van der Waals surface area (Å²) in [6.07, 6.45) is 9.78. The summed E-state index contributed by atoms with van der Waals surface area (Å²) in [6, 6.07) is 0. The lowest BCUT2D eigenvalue weighted by Gasteiger charge is -2.21. The predicted molar refractivity (Wildman–Crippen MR) is 78.9 cm³/mol. The Labute approximate surface area is 118 Å². The minimum Gasteiger partial charge on any atom is -0.391 e. The van der Waals surface area contributed by atoms with Gasteiger partial charge in [0, 0.05) is 13.0 Å². The van der Waals surface area contributed by atoms with E-state index in [1.54, 1.807) is 0 Å². The van der Waals surface area contributed by atoms with Gasteiger partial charge in [0.15, 0.2) is 0 Å². The van der Waals surface area contributed by atoms with E-state index in [1.165, 1.54) is 38.5 Å². The second-order valence-corrected chi connectivity index (χ2v) is 6.01. The highest BCUT2D eigenvalue weighted by Gasteiger charge is 2.19. The van der Waals surface area contributed by atoms with Crippen molar-refractivity contribution in [3.8, 4) is 0 Å². The van der Waals surface area contributed by atoms with Crippen LogP contribution in [-0.4, -0.2) is 23.7 Å². The number of aliphatic hydroxyl groups is 1.